The molecule has 0 saturated heterocycles. The van der Waals surface area contributed by atoms with Crippen LogP contribution in [0, 0.1) is 0 Å². The molecule has 5 heteroatoms. The quantitative estimate of drug-likeness (QED) is 0.535. The highest BCUT2D eigenvalue weighted by Gasteiger charge is 2.10. The van der Waals surface area contributed by atoms with Gasteiger partial charge < -0.3 is 10.1 Å². The van der Waals surface area contributed by atoms with Crippen LogP contribution in [0.3, 0.4) is 0 Å². The van der Waals surface area contributed by atoms with Gasteiger partial charge in [0.15, 0.2) is 5.78 Å². The first kappa shape index (κ1) is 15.4. The minimum Gasteiger partial charge on any atom is -0.423 e. The third-order valence-corrected chi connectivity index (χ3v) is 2.89. The molecular formula is C17H15NO4. The van der Waals surface area contributed by atoms with Crippen molar-refractivity contribution in [2.24, 2.45) is 0 Å². The molecule has 1 N–H and O–H groups in total. The zero-order valence-corrected chi connectivity index (χ0v) is 12.3. The fourth-order valence-electron chi connectivity index (χ4n) is 1.85. The van der Waals surface area contributed by atoms with E-state index in [1.807, 2.05) is 0 Å². The zero-order chi connectivity index (χ0) is 16.1. The molecule has 0 fully saturated rings. The predicted molar refractivity (Wildman–Crippen MR) is 82.2 cm³/mol. The molecule has 112 valence electrons. The number of esters is 1. The fraction of sp³-hybridized carbons (Fsp3) is 0.118. The Morgan fingerprint density at radius 2 is 1.59 bits per heavy atom. The first-order valence-electron chi connectivity index (χ1n) is 6.66. The van der Waals surface area contributed by atoms with Crippen LogP contribution in [0.4, 0.5) is 5.69 Å². The van der Waals surface area contributed by atoms with Crippen LogP contribution in [0.25, 0.3) is 0 Å². The minimum absolute atomic E-state index is 0.0547. The van der Waals surface area contributed by atoms with Gasteiger partial charge in [-0.3, -0.25) is 9.59 Å². The van der Waals surface area contributed by atoms with Crippen LogP contribution >= 0.6 is 0 Å². The summed E-state index contributed by atoms with van der Waals surface area (Å²) in [6, 6.07) is 12.8. The van der Waals surface area contributed by atoms with E-state index in [0.29, 0.717) is 22.6 Å². The smallest absolute Gasteiger partial charge is 0.343 e. The summed E-state index contributed by atoms with van der Waals surface area (Å²) in [6.07, 6.45) is 0. The molecule has 0 heterocycles. The van der Waals surface area contributed by atoms with Crippen molar-refractivity contribution < 1.29 is 19.1 Å². The van der Waals surface area contributed by atoms with Crippen LogP contribution < -0.4 is 10.1 Å². The van der Waals surface area contributed by atoms with E-state index < -0.39 is 5.97 Å². The topological polar surface area (TPSA) is 72.5 Å². The number of ether oxygens (including phenoxy) is 1. The van der Waals surface area contributed by atoms with Gasteiger partial charge in [0, 0.05) is 18.2 Å². The summed E-state index contributed by atoms with van der Waals surface area (Å²) >= 11 is 0. The molecule has 5 nitrogen and oxygen atoms in total. The normalized spacial score (nSPS) is 9.91. The molecule has 0 atom stereocenters. The van der Waals surface area contributed by atoms with Crippen LogP contribution in [-0.4, -0.2) is 17.7 Å². The second-order valence-electron chi connectivity index (χ2n) is 4.73. The number of nitrogens with one attached hydrogen (secondary N) is 1. The molecule has 0 radical (unpaired) electrons. The summed E-state index contributed by atoms with van der Waals surface area (Å²) in [6.45, 7) is 2.86. The largest absolute Gasteiger partial charge is 0.423 e. The van der Waals surface area contributed by atoms with E-state index in [1.165, 1.54) is 19.9 Å². The number of hydrogen-bond acceptors (Lipinski definition) is 4. The van der Waals surface area contributed by atoms with Gasteiger partial charge in [-0.15, -0.1) is 0 Å². The van der Waals surface area contributed by atoms with Crippen LogP contribution in [0.15, 0.2) is 48.5 Å². The number of hydrogen-bond donors (Lipinski definition) is 1. The Labute approximate surface area is 127 Å². The number of rotatable bonds is 4. The summed E-state index contributed by atoms with van der Waals surface area (Å²) in [5, 5.41) is 2.60. The van der Waals surface area contributed by atoms with E-state index in [-0.39, 0.29) is 11.7 Å². The molecule has 0 aliphatic heterocycles. The molecule has 0 spiro atoms. The van der Waals surface area contributed by atoms with Gasteiger partial charge in [0.25, 0.3) is 0 Å². The second kappa shape index (κ2) is 6.67. The molecule has 2 rings (SSSR count). The van der Waals surface area contributed by atoms with Crippen molar-refractivity contribution in [3.63, 3.8) is 0 Å². The average molecular weight is 297 g/mol. The molecule has 0 unspecified atom stereocenters. The molecule has 0 aliphatic carbocycles. The Morgan fingerprint density at radius 3 is 2.18 bits per heavy atom. The van der Waals surface area contributed by atoms with E-state index in [4.69, 9.17) is 4.74 Å². The van der Waals surface area contributed by atoms with Crippen LogP contribution in [0.1, 0.15) is 34.6 Å². The number of benzene rings is 2. The van der Waals surface area contributed by atoms with E-state index >= 15 is 0 Å². The van der Waals surface area contributed by atoms with Gasteiger partial charge in [0.1, 0.15) is 5.75 Å². The molecule has 0 saturated carbocycles. The number of ketones is 1. The van der Waals surface area contributed by atoms with Crippen molar-refractivity contribution >= 4 is 23.3 Å². The number of anilines is 1. The van der Waals surface area contributed by atoms with Crippen molar-refractivity contribution in [2.75, 3.05) is 5.32 Å². The van der Waals surface area contributed by atoms with Crippen molar-refractivity contribution in [3.05, 3.63) is 59.7 Å². The molecule has 22 heavy (non-hydrogen) atoms. The molecule has 2 aromatic carbocycles. The fourth-order valence-corrected chi connectivity index (χ4v) is 1.85. The van der Waals surface area contributed by atoms with Gasteiger partial charge in [-0.25, -0.2) is 4.79 Å². The summed E-state index contributed by atoms with van der Waals surface area (Å²) in [5.74, 6) is -0.464. The highest BCUT2D eigenvalue weighted by molar-refractivity contribution is 5.95. The number of amides is 1. The first-order valence-corrected chi connectivity index (χ1v) is 6.66. The average Bonchev–Trinajstić information content (AvgIpc) is 2.47. The first-order chi connectivity index (χ1) is 10.5. The van der Waals surface area contributed by atoms with Gasteiger partial charge >= 0.3 is 5.97 Å². The Hall–Kier alpha value is -2.95. The van der Waals surface area contributed by atoms with E-state index in [9.17, 15) is 14.4 Å². The van der Waals surface area contributed by atoms with E-state index in [0.717, 1.165) is 0 Å². The summed E-state index contributed by atoms with van der Waals surface area (Å²) < 4.78 is 5.23. The Balaban J connectivity index is 2.11. The molecule has 2 aromatic rings. The lowest BCUT2D eigenvalue weighted by atomic mass is 10.1. The Morgan fingerprint density at radius 1 is 0.909 bits per heavy atom. The van der Waals surface area contributed by atoms with Gasteiger partial charge in [-0.2, -0.15) is 0 Å². The zero-order valence-electron chi connectivity index (χ0n) is 12.3. The SMILES string of the molecule is CC(=O)Nc1cccc(C(=O)Oc2ccc(C(C)=O)cc2)c1. The standard InChI is InChI=1S/C17H15NO4/c1-11(19)13-6-8-16(9-7-13)22-17(21)14-4-3-5-15(10-14)18-12(2)20/h3-10H,1-2H3,(H,18,20). The van der Waals surface area contributed by atoms with Gasteiger partial charge in [0.2, 0.25) is 5.91 Å². The van der Waals surface area contributed by atoms with Gasteiger partial charge in [-0.05, 0) is 49.4 Å². The summed E-state index contributed by atoms with van der Waals surface area (Å²) in [4.78, 5) is 34.3. The lowest BCUT2D eigenvalue weighted by Gasteiger charge is -2.07. The third kappa shape index (κ3) is 4.02. The van der Waals surface area contributed by atoms with Crippen LogP contribution in [0.2, 0.25) is 0 Å². The number of carbonyl (C=O) groups excluding carboxylic acids is 3. The number of carbonyl (C=O) groups is 3. The Kier molecular flexibility index (Phi) is 4.68. The van der Waals surface area contributed by atoms with Crippen molar-refractivity contribution in [2.45, 2.75) is 13.8 Å². The lowest BCUT2D eigenvalue weighted by molar-refractivity contribution is -0.114. The van der Waals surface area contributed by atoms with Crippen molar-refractivity contribution in [1.82, 2.24) is 0 Å². The maximum atomic E-state index is 12.1. The lowest BCUT2D eigenvalue weighted by Crippen LogP contribution is -2.10. The summed E-state index contributed by atoms with van der Waals surface area (Å²) in [7, 11) is 0. The highest BCUT2D eigenvalue weighted by Crippen LogP contribution is 2.16. The molecule has 0 bridgehead atoms. The predicted octanol–water partition coefficient (Wildman–Crippen LogP) is 3.07. The van der Waals surface area contributed by atoms with E-state index in [1.54, 1.807) is 42.5 Å². The van der Waals surface area contributed by atoms with E-state index in [2.05, 4.69) is 5.32 Å². The van der Waals surface area contributed by atoms with Crippen molar-refractivity contribution in [1.29, 1.82) is 0 Å². The van der Waals surface area contributed by atoms with Gasteiger partial charge in [0.05, 0.1) is 5.56 Å². The molecular weight excluding hydrogens is 282 g/mol. The third-order valence-electron chi connectivity index (χ3n) is 2.89. The maximum absolute atomic E-state index is 12.1. The highest BCUT2D eigenvalue weighted by atomic mass is 16.5. The molecule has 0 aliphatic rings. The second-order valence-corrected chi connectivity index (χ2v) is 4.73. The number of Topliss-reactive ketones (excluding diaryl/α,β-unsaturated/α-hetero) is 1. The van der Waals surface area contributed by atoms with Crippen molar-refractivity contribution in [3.8, 4) is 5.75 Å². The molecule has 1 amide bonds. The van der Waals surface area contributed by atoms with Gasteiger partial charge in [-0.1, -0.05) is 6.07 Å². The maximum Gasteiger partial charge on any atom is 0.343 e. The van der Waals surface area contributed by atoms with Crippen LogP contribution in [0.5, 0.6) is 5.75 Å². The molecule has 0 aromatic heterocycles. The minimum atomic E-state index is -0.539. The Bertz CT molecular complexity index is 720. The summed E-state index contributed by atoms with van der Waals surface area (Å²) in [5.41, 5.74) is 1.39. The monoisotopic (exact) mass is 297 g/mol. The van der Waals surface area contributed by atoms with Crippen LogP contribution in [-0.2, 0) is 4.79 Å².